The van der Waals surface area contributed by atoms with Gasteiger partial charge in [0, 0.05) is 12.6 Å². The fraction of sp³-hybridized carbons (Fsp3) is 0.320. The summed E-state index contributed by atoms with van der Waals surface area (Å²) in [6.45, 7) is 5.02. The summed E-state index contributed by atoms with van der Waals surface area (Å²) in [5.41, 5.74) is 0.975. The molecule has 3 rings (SSSR count). The summed E-state index contributed by atoms with van der Waals surface area (Å²) in [5, 5.41) is 13.7. The van der Waals surface area contributed by atoms with Crippen molar-refractivity contribution in [2.45, 2.75) is 33.2 Å². The normalized spacial score (nSPS) is 13.1. The third kappa shape index (κ3) is 5.80. The van der Waals surface area contributed by atoms with Gasteiger partial charge in [-0.3, -0.25) is 28.9 Å². The molecular weight excluding hydrogens is 470 g/mol. The van der Waals surface area contributed by atoms with Gasteiger partial charge in [0.1, 0.15) is 6.54 Å². The molecule has 0 saturated carbocycles. The third-order valence-electron chi connectivity index (χ3n) is 5.32. The van der Waals surface area contributed by atoms with Crippen LogP contribution in [0.4, 0.5) is 5.69 Å². The van der Waals surface area contributed by atoms with Gasteiger partial charge in [0.15, 0.2) is 11.5 Å². The van der Waals surface area contributed by atoms with Gasteiger partial charge in [0.05, 0.1) is 36.8 Å². The Kier molecular flexibility index (Phi) is 8.26. The number of hydrogen-bond donors (Lipinski definition) is 3. The predicted octanol–water partition coefficient (Wildman–Crippen LogP) is 2.37. The summed E-state index contributed by atoms with van der Waals surface area (Å²) in [6.07, 6.45) is -0.378. The van der Waals surface area contributed by atoms with E-state index in [1.165, 1.54) is 25.1 Å². The highest BCUT2D eigenvalue weighted by atomic mass is 16.5. The second kappa shape index (κ2) is 11.3. The van der Waals surface area contributed by atoms with Crippen LogP contribution in [0.25, 0.3) is 0 Å². The first-order valence-corrected chi connectivity index (χ1v) is 11.3. The van der Waals surface area contributed by atoms with E-state index in [2.05, 4.69) is 10.6 Å². The maximum absolute atomic E-state index is 13.4. The average molecular weight is 498 g/mol. The second-order valence-corrected chi connectivity index (χ2v) is 7.88. The van der Waals surface area contributed by atoms with Crippen LogP contribution in [-0.2, 0) is 14.4 Å². The molecular formula is C25H27N3O8. The molecule has 1 heterocycles. The lowest BCUT2D eigenvalue weighted by Crippen LogP contribution is -2.38. The number of rotatable bonds is 11. The molecule has 11 heteroatoms. The summed E-state index contributed by atoms with van der Waals surface area (Å²) in [7, 11) is 0. The highest BCUT2D eigenvalue weighted by Gasteiger charge is 2.41. The van der Waals surface area contributed by atoms with E-state index in [4.69, 9.17) is 14.6 Å². The van der Waals surface area contributed by atoms with Crippen molar-refractivity contribution in [3.05, 3.63) is 53.1 Å². The summed E-state index contributed by atoms with van der Waals surface area (Å²) in [6, 6.07) is 8.12. The first-order chi connectivity index (χ1) is 17.2. The molecule has 0 fully saturated rings. The minimum Gasteiger partial charge on any atom is -0.490 e. The van der Waals surface area contributed by atoms with Crippen molar-refractivity contribution in [1.29, 1.82) is 0 Å². The van der Waals surface area contributed by atoms with E-state index in [0.717, 1.165) is 4.90 Å². The number of imide groups is 1. The van der Waals surface area contributed by atoms with E-state index in [1.54, 1.807) is 25.1 Å². The third-order valence-corrected chi connectivity index (χ3v) is 5.32. The minimum absolute atomic E-state index is 0.0816. The van der Waals surface area contributed by atoms with Crippen LogP contribution in [0, 0.1) is 0 Å². The molecule has 0 saturated heterocycles. The Morgan fingerprint density at radius 1 is 0.944 bits per heavy atom. The van der Waals surface area contributed by atoms with Crippen LogP contribution < -0.4 is 20.1 Å². The van der Waals surface area contributed by atoms with Crippen molar-refractivity contribution < 1.29 is 38.6 Å². The van der Waals surface area contributed by atoms with Crippen molar-refractivity contribution in [2.24, 2.45) is 0 Å². The first kappa shape index (κ1) is 26.2. The van der Waals surface area contributed by atoms with Crippen LogP contribution >= 0.6 is 0 Å². The Bertz CT molecular complexity index is 1210. The molecule has 0 aliphatic carbocycles. The van der Waals surface area contributed by atoms with Gasteiger partial charge in [-0.05, 0) is 49.7 Å². The number of amides is 4. The molecule has 0 bridgehead atoms. The van der Waals surface area contributed by atoms with Crippen LogP contribution in [0.3, 0.4) is 0 Å². The van der Waals surface area contributed by atoms with Gasteiger partial charge in [0.25, 0.3) is 11.8 Å². The van der Waals surface area contributed by atoms with Crippen molar-refractivity contribution in [2.75, 3.05) is 25.1 Å². The van der Waals surface area contributed by atoms with Gasteiger partial charge in [-0.25, -0.2) is 0 Å². The van der Waals surface area contributed by atoms with Crippen LogP contribution in [-0.4, -0.2) is 59.4 Å². The lowest BCUT2D eigenvalue weighted by molar-refractivity contribution is -0.138. The smallest absolute Gasteiger partial charge is 0.322 e. The molecule has 1 aliphatic rings. The molecule has 2 aromatic carbocycles. The van der Waals surface area contributed by atoms with Crippen LogP contribution in [0.2, 0.25) is 0 Å². The second-order valence-electron chi connectivity index (χ2n) is 7.88. The Morgan fingerprint density at radius 3 is 2.25 bits per heavy atom. The number of hydrogen-bond acceptors (Lipinski definition) is 7. The van der Waals surface area contributed by atoms with Gasteiger partial charge in [0.2, 0.25) is 11.8 Å². The minimum atomic E-state index is -1.23. The molecule has 2 aromatic rings. The van der Waals surface area contributed by atoms with E-state index in [-0.39, 0.29) is 23.5 Å². The summed E-state index contributed by atoms with van der Waals surface area (Å²) in [5.74, 6) is -2.67. The van der Waals surface area contributed by atoms with Crippen molar-refractivity contribution in [3.8, 4) is 11.5 Å². The molecule has 36 heavy (non-hydrogen) atoms. The molecule has 190 valence electrons. The molecule has 0 radical (unpaired) electrons. The van der Waals surface area contributed by atoms with Gasteiger partial charge < -0.3 is 25.2 Å². The van der Waals surface area contributed by atoms with Gasteiger partial charge in [-0.15, -0.1) is 0 Å². The standard InChI is InChI=1S/C25H27N3O8/c1-4-35-20-9-6-15(10-21(20)36-5-2)19(12-22(30)26-13-23(31)32)28-24(33)17-8-7-16(27-14(3)29)11-18(17)25(28)34/h6-11,19H,4-5,12-13H2,1-3H3,(H,26,30)(H,27,29)(H,31,32). The van der Waals surface area contributed by atoms with Gasteiger partial charge in [-0.1, -0.05) is 6.07 Å². The van der Waals surface area contributed by atoms with Crippen molar-refractivity contribution in [1.82, 2.24) is 10.2 Å². The summed E-state index contributed by atoms with van der Waals surface area (Å²) < 4.78 is 11.2. The van der Waals surface area contributed by atoms with E-state index >= 15 is 0 Å². The Morgan fingerprint density at radius 2 is 1.61 bits per heavy atom. The number of aliphatic carboxylic acids is 1. The number of ether oxygens (including phenoxy) is 2. The highest BCUT2D eigenvalue weighted by Crippen LogP contribution is 2.38. The number of carbonyl (C=O) groups is 5. The molecule has 0 spiro atoms. The maximum Gasteiger partial charge on any atom is 0.322 e. The fourth-order valence-corrected chi connectivity index (χ4v) is 3.88. The number of fused-ring (bicyclic) bond motifs is 1. The summed E-state index contributed by atoms with van der Waals surface area (Å²) in [4.78, 5) is 62.6. The van der Waals surface area contributed by atoms with Gasteiger partial charge in [-0.2, -0.15) is 0 Å². The number of nitrogens with zero attached hydrogens (tertiary/aromatic N) is 1. The molecule has 1 unspecified atom stereocenters. The summed E-state index contributed by atoms with van der Waals surface area (Å²) >= 11 is 0. The monoisotopic (exact) mass is 497 g/mol. The number of carboxylic acid groups (broad SMARTS) is 1. The van der Waals surface area contributed by atoms with E-state index < -0.39 is 36.3 Å². The molecule has 11 nitrogen and oxygen atoms in total. The topological polar surface area (TPSA) is 151 Å². The van der Waals surface area contributed by atoms with Crippen LogP contribution in [0.1, 0.15) is 59.5 Å². The van der Waals surface area contributed by atoms with Crippen molar-refractivity contribution in [3.63, 3.8) is 0 Å². The number of benzene rings is 2. The lowest BCUT2D eigenvalue weighted by Gasteiger charge is -2.27. The zero-order valence-corrected chi connectivity index (χ0v) is 20.1. The molecule has 1 atom stereocenters. The lowest BCUT2D eigenvalue weighted by atomic mass is 10.0. The highest BCUT2D eigenvalue weighted by molar-refractivity contribution is 6.22. The Labute approximate surface area is 207 Å². The van der Waals surface area contributed by atoms with Crippen molar-refractivity contribution >= 4 is 35.3 Å². The van der Waals surface area contributed by atoms with Crippen LogP contribution in [0.15, 0.2) is 36.4 Å². The molecule has 4 amide bonds. The Balaban J connectivity index is 2.03. The van der Waals surface area contributed by atoms with E-state index in [1.807, 2.05) is 6.92 Å². The van der Waals surface area contributed by atoms with Gasteiger partial charge >= 0.3 is 5.97 Å². The maximum atomic E-state index is 13.4. The first-order valence-electron chi connectivity index (χ1n) is 11.3. The van der Waals surface area contributed by atoms with Crippen LogP contribution in [0.5, 0.6) is 11.5 Å². The Hall–Kier alpha value is -4.41. The quantitative estimate of drug-likeness (QED) is 0.400. The number of carbonyl (C=O) groups excluding carboxylic acids is 4. The fourth-order valence-electron chi connectivity index (χ4n) is 3.88. The number of carboxylic acids is 1. The van der Waals surface area contributed by atoms with E-state index in [9.17, 15) is 24.0 Å². The SMILES string of the molecule is CCOc1ccc(C(CC(=O)NCC(=O)O)N2C(=O)c3ccc(NC(C)=O)cc3C2=O)cc1OCC. The number of anilines is 1. The number of nitrogens with one attached hydrogen (secondary N) is 2. The zero-order valence-electron chi connectivity index (χ0n) is 20.1. The predicted molar refractivity (Wildman–Crippen MR) is 128 cm³/mol. The van der Waals surface area contributed by atoms with E-state index in [0.29, 0.717) is 36.0 Å². The molecule has 3 N–H and O–H groups in total. The largest absolute Gasteiger partial charge is 0.490 e. The molecule has 1 aliphatic heterocycles. The average Bonchev–Trinajstić information content (AvgIpc) is 3.06. The zero-order chi connectivity index (χ0) is 26.4. The molecule has 0 aromatic heterocycles.